The Morgan fingerprint density at radius 1 is 1.37 bits per heavy atom. The van der Waals surface area contributed by atoms with Crippen molar-refractivity contribution in [1.29, 1.82) is 0 Å². The van der Waals surface area contributed by atoms with E-state index in [4.69, 9.17) is 9.84 Å². The molecular formula is C14H30N2O3. The molecule has 0 radical (unpaired) electrons. The molecule has 0 aliphatic rings. The summed E-state index contributed by atoms with van der Waals surface area (Å²) < 4.78 is 4.93. The first-order valence-electron chi connectivity index (χ1n) is 7.04. The largest absolute Gasteiger partial charge is 0.396 e. The second-order valence-corrected chi connectivity index (χ2v) is 5.73. The SMILES string of the molecule is COCCCNC(=O)C(C)NCC(C)(C)CCCO. The highest BCUT2D eigenvalue weighted by atomic mass is 16.5. The zero-order valence-electron chi connectivity index (χ0n) is 12.8. The maximum atomic E-state index is 11.8. The molecule has 0 heterocycles. The lowest BCUT2D eigenvalue weighted by Crippen LogP contribution is -2.45. The van der Waals surface area contributed by atoms with Gasteiger partial charge < -0.3 is 20.5 Å². The Labute approximate surface area is 117 Å². The van der Waals surface area contributed by atoms with Crippen molar-refractivity contribution in [3.05, 3.63) is 0 Å². The zero-order valence-corrected chi connectivity index (χ0v) is 12.8. The quantitative estimate of drug-likeness (QED) is 0.490. The highest BCUT2D eigenvalue weighted by Gasteiger charge is 2.20. The lowest BCUT2D eigenvalue weighted by Gasteiger charge is -2.26. The Kier molecular flexibility index (Phi) is 9.83. The van der Waals surface area contributed by atoms with Gasteiger partial charge >= 0.3 is 0 Å². The number of aliphatic hydroxyl groups excluding tert-OH is 1. The summed E-state index contributed by atoms with van der Waals surface area (Å²) in [6.45, 7) is 8.44. The zero-order chi connectivity index (χ0) is 14.7. The van der Waals surface area contributed by atoms with E-state index in [2.05, 4.69) is 24.5 Å². The van der Waals surface area contributed by atoms with E-state index >= 15 is 0 Å². The van der Waals surface area contributed by atoms with E-state index in [1.807, 2.05) is 6.92 Å². The summed E-state index contributed by atoms with van der Waals surface area (Å²) in [4.78, 5) is 11.8. The minimum absolute atomic E-state index is 0.0223. The molecule has 19 heavy (non-hydrogen) atoms. The van der Waals surface area contributed by atoms with Crippen LogP contribution in [0.25, 0.3) is 0 Å². The minimum Gasteiger partial charge on any atom is -0.396 e. The van der Waals surface area contributed by atoms with E-state index in [0.29, 0.717) is 13.2 Å². The number of methoxy groups -OCH3 is 1. The van der Waals surface area contributed by atoms with Crippen molar-refractivity contribution in [3.8, 4) is 0 Å². The molecule has 0 saturated carbocycles. The summed E-state index contributed by atoms with van der Waals surface area (Å²) >= 11 is 0. The molecule has 0 aromatic rings. The Morgan fingerprint density at radius 3 is 2.63 bits per heavy atom. The second-order valence-electron chi connectivity index (χ2n) is 5.73. The molecule has 0 aromatic carbocycles. The molecule has 5 nitrogen and oxygen atoms in total. The monoisotopic (exact) mass is 274 g/mol. The molecule has 5 heteroatoms. The van der Waals surface area contributed by atoms with Gasteiger partial charge in [-0.05, 0) is 31.6 Å². The fourth-order valence-electron chi connectivity index (χ4n) is 1.75. The molecule has 1 amide bonds. The van der Waals surface area contributed by atoms with Crippen LogP contribution in [0.3, 0.4) is 0 Å². The highest BCUT2D eigenvalue weighted by molar-refractivity contribution is 5.81. The number of carbonyl (C=O) groups excluding carboxylic acids is 1. The molecule has 0 spiro atoms. The molecular weight excluding hydrogens is 244 g/mol. The smallest absolute Gasteiger partial charge is 0.236 e. The summed E-state index contributed by atoms with van der Waals surface area (Å²) in [7, 11) is 1.65. The molecule has 0 rings (SSSR count). The number of hydrogen-bond donors (Lipinski definition) is 3. The molecule has 1 unspecified atom stereocenters. The van der Waals surface area contributed by atoms with Crippen LogP contribution in [0, 0.1) is 5.41 Å². The van der Waals surface area contributed by atoms with Crippen molar-refractivity contribution in [1.82, 2.24) is 10.6 Å². The summed E-state index contributed by atoms with van der Waals surface area (Å²) in [5, 5.41) is 15.0. The molecule has 0 saturated heterocycles. The van der Waals surface area contributed by atoms with Crippen molar-refractivity contribution >= 4 is 5.91 Å². The van der Waals surface area contributed by atoms with Crippen molar-refractivity contribution in [2.45, 2.75) is 46.1 Å². The Bertz CT molecular complexity index is 245. The van der Waals surface area contributed by atoms with Crippen LogP contribution in [0.4, 0.5) is 0 Å². The molecule has 0 fully saturated rings. The van der Waals surface area contributed by atoms with E-state index in [9.17, 15) is 4.79 Å². The normalized spacial score (nSPS) is 13.3. The number of ether oxygens (including phenoxy) is 1. The first-order chi connectivity index (χ1) is 8.93. The van der Waals surface area contributed by atoms with Crippen molar-refractivity contribution in [3.63, 3.8) is 0 Å². The van der Waals surface area contributed by atoms with Gasteiger partial charge in [-0.25, -0.2) is 0 Å². The summed E-state index contributed by atoms with van der Waals surface area (Å²) in [5.41, 5.74) is 0.0906. The third kappa shape index (κ3) is 9.87. The number of nitrogens with one attached hydrogen (secondary N) is 2. The van der Waals surface area contributed by atoms with E-state index in [1.165, 1.54) is 0 Å². The number of aliphatic hydroxyl groups is 1. The summed E-state index contributed by atoms with van der Waals surface area (Å²) in [5.74, 6) is 0.0223. The van der Waals surface area contributed by atoms with Crippen LogP contribution >= 0.6 is 0 Å². The number of hydrogen-bond acceptors (Lipinski definition) is 4. The number of carbonyl (C=O) groups is 1. The average molecular weight is 274 g/mol. The molecule has 1 atom stereocenters. The average Bonchev–Trinajstić information content (AvgIpc) is 2.38. The molecule has 114 valence electrons. The van der Waals surface area contributed by atoms with Gasteiger partial charge in [-0.2, -0.15) is 0 Å². The topological polar surface area (TPSA) is 70.6 Å². The molecule has 0 bridgehead atoms. The lowest BCUT2D eigenvalue weighted by atomic mass is 9.87. The molecule has 0 aliphatic carbocycles. The van der Waals surface area contributed by atoms with E-state index < -0.39 is 0 Å². The number of amides is 1. The van der Waals surface area contributed by atoms with Gasteiger partial charge in [0.15, 0.2) is 0 Å². The lowest BCUT2D eigenvalue weighted by molar-refractivity contribution is -0.122. The fraction of sp³-hybridized carbons (Fsp3) is 0.929. The summed E-state index contributed by atoms with van der Waals surface area (Å²) in [6, 6.07) is -0.198. The number of rotatable bonds is 11. The van der Waals surface area contributed by atoms with Crippen molar-refractivity contribution < 1.29 is 14.6 Å². The van der Waals surface area contributed by atoms with Crippen LogP contribution < -0.4 is 10.6 Å². The van der Waals surface area contributed by atoms with Crippen LogP contribution in [0.2, 0.25) is 0 Å². The van der Waals surface area contributed by atoms with Gasteiger partial charge in [0, 0.05) is 33.4 Å². The summed E-state index contributed by atoms with van der Waals surface area (Å²) in [6.07, 6.45) is 2.57. The molecule has 0 aromatic heterocycles. The standard InChI is InChI=1S/C14H30N2O3/c1-12(13(18)15-8-6-10-19-4)16-11-14(2,3)7-5-9-17/h12,16-17H,5-11H2,1-4H3,(H,15,18). The maximum Gasteiger partial charge on any atom is 0.236 e. The van der Waals surface area contributed by atoms with E-state index in [-0.39, 0.29) is 24.0 Å². The van der Waals surface area contributed by atoms with E-state index in [0.717, 1.165) is 25.8 Å². The highest BCUT2D eigenvalue weighted by Crippen LogP contribution is 2.20. The van der Waals surface area contributed by atoms with Gasteiger partial charge in [-0.3, -0.25) is 4.79 Å². The fourth-order valence-corrected chi connectivity index (χ4v) is 1.75. The van der Waals surface area contributed by atoms with E-state index in [1.54, 1.807) is 7.11 Å². The Hall–Kier alpha value is -0.650. The maximum absolute atomic E-state index is 11.8. The first kappa shape index (κ1) is 18.4. The Balaban J connectivity index is 3.82. The van der Waals surface area contributed by atoms with Gasteiger partial charge in [-0.15, -0.1) is 0 Å². The first-order valence-corrected chi connectivity index (χ1v) is 7.04. The predicted octanol–water partition coefficient (Wildman–Crippen LogP) is 0.916. The van der Waals surface area contributed by atoms with Crippen LogP contribution in [-0.4, -0.2) is 50.5 Å². The Morgan fingerprint density at radius 2 is 2.05 bits per heavy atom. The van der Waals surface area contributed by atoms with Gasteiger partial charge in [-0.1, -0.05) is 13.8 Å². The second kappa shape index (κ2) is 10.2. The third-order valence-corrected chi connectivity index (χ3v) is 3.12. The van der Waals surface area contributed by atoms with Gasteiger partial charge in [0.05, 0.1) is 6.04 Å². The van der Waals surface area contributed by atoms with Crippen molar-refractivity contribution in [2.24, 2.45) is 5.41 Å². The predicted molar refractivity (Wildman–Crippen MR) is 77.1 cm³/mol. The van der Waals surface area contributed by atoms with Crippen molar-refractivity contribution in [2.75, 3.05) is 33.4 Å². The molecule has 3 N–H and O–H groups in total. The minimum atomic E-state index is -0.198. The van der Waals surface area contributed by atoms with Gasteiger partial charge in [0.1, 0.15) is 0 Å². The van der Waals surface area contributed by atoms with Crippen LogP contribution in [-0.2, 0) is 9.53 Å². The van der Waals surface area contributed by atoms with Crippen LogP contribution in [0.15, 0.2) is 0 Å². The molecule has 0 aliphatic heterocycles. The van der Waals surface area contributed by atoms with Crippen LogP contribution in [0.1, 0.15) is 40.0 Å². The van der Waals surface area contributed by atoms with Crippen LogP contribution in [0.5, 0.6) is 0 Å². The van der Waals surface area contributed by atoms with Gasteiger partial charge in [0.25, 0.3) is 0 Å². The third-order valence-electron chi connectivity index (χ3n) is 3.12. The van der Waals surface area contributed by atoms with Gasteiger partial charge in [0.2, 0.25) is 5.91 Å².